The molecule has 0 radical (unpaired) electrons. The number of aryl methyl sites for hydroxylation is 1. The summed E-state index contributed by atoms with van der Waals surface area (Å²) in [6, 6.07) is 7.17. The molecule has 6 heteroatoms. The molecule has 0 spiro atoms. The number of rotatable bonds is 4. The lowest BCUT2D eigenvalue weighted by Crippen LogP contribution is -2.12. The fourth-order valence-corrected chi connectivity index (χ4v) is 2.43. The molecule has 20 heavy (non-hydrogen) atoms. The number of aromatic nitrogens is 2. The van der Waals surface area contributed by atoms with Crippen molar-refractivity contribution in [2.24, 2.45) is 0 Å². The Balaban J connectivity index is 2.28. The maximum atomic E-state index is 11.1. The highest BCUT2D eigenvalue weighted by Crippen LogP contribution is 2.28. The number of carboxylic acid groups (broad SMARTS) is 1. The molecule has 2 aromatic rings. The van der Waals surface area contributed by atoms with Crippen molar-refractivity contribution in [3.05, 3.63) is 41.6 Å². The van der Waals surface area contributed by atoms with Crippen LogP contribution in [0.15, 0.2) is 40.4 Å². The van der Waals surface area contributed by atoms with Gasteiger partial charge in [-0.2, -0.15) is 0 Å². The molecule has 0 aliphatic rings. The predicted octanol–water partition coefficient (Wildman–Crippen LogP) is 2.70. The Kier molecular flexibility index (Phi) is 4.24. The zero-order valence-corrected chi connectivity index (χ0v) is 12.3. The molecule has 1 aromatic heterocycles. The number of aromatic carboxylic acids is 1. The zero-order valence-electron chi connectivity index (χ0n) is 11.5. The summed E-state index contributed by atoms with van der Waals surface area (Å²) in [7, 11) is 3.75. The van der Waals surface area contributed by atoms with Crippen molar-refractivity contribution in [3.63, 3.8) is 0 Å². The molecule has 104 valence electrons. The third kappa shape index (κ3) is 3.27. The molecule has 0 saturated carbocycles. The third-order valence-corrected chi connectivity index (χ3v) is 3.61. The van der Waals surface area contributed by atoms with Crippen LogP contribution in [0.2, 0.25) is 0 Å². The molecule has 5 nitrogen and oxygen atoms in total. The second-order valence-corrected chi connectivity index (χ2v) is 5.57. The highest BCUT2D eigenvalue weighted by Gasteiger charge is 2.09. The highest BCUT2D eigenvalue weighted by atomic mass is 32.2. The number of nitrogens with zero attached hydrogens (tertiary/aromatic N) is 3. The van der Waals surface area contributed by atoms with Crippen LogP contribution in [0.4, 0.5) is 5.95 Å². The Morgan fingerprint density at radius 2 is 2.05 bits per heavy atom. The van der Waals surface area contributed by atoms with Gasteiger partial charge < -0.3 is 10.0 Å². The van der Waals surface area contributed by atoms with E-state index in [-0.39, 0.29) is 0 Å². The standard InChI is InChI=1S/C14H15N3O2S/c1-9-4-5-10(8-11(9)13(18)19)20-12-6-7-15-14(16-12)17(2)3/h4-8H,1-3H3,(H,18,19). The van der Waals surface area contributed by atoms with Gasteiger partial charge in [0, 0.05) is 25.2 Å². The number of carboxylic acids is 1. The van der Waals surface area contributed by atoms with E-state index in [0.717, 1.165) is 15.5 Å². The minimum atomic E-state index is -0.915. The van der Waals surface area contributed by atoms with E-state index in [1.807, 2.05) is 25.1 Å². The third-order valence-electron chi connectivity index (χ3n) is 2.68. The predicted molar refractivity (Wildman–Crippen MR) is 78.6 cm³/mol. The molecule has 1 N–H and O–H groups in total. The summed E-state index contributed by atoms with van der Waals surface area (Å²) >= 11 is 1.42. The number of carbonyl (C=O) groups is 1. The van der Waals surface area contributed by atoms with E-state index in [0.29, 0.717) is 11.5 Å². The minimum Gasteiger partial charge on any atom is -0.478 e. The van der Waals surface area contributed by atoms with Crippen molar-refractivity contribution in [2.75, 3.05) is 19.0 Å². The van der Waals surface area contributed by atoms with E-state index < -0.39 is 5.97 Å². The van der Waals surface area contributed by atoms with Gasteiger partial charge in [-0.15, -0.1) is 0 Å². The van der Waals surface area contributed by atoms with Crippen molar-refractivity contribution >= 4 is 23.7 Å². The fraction of sp³-hybridized carbons (Fsp3) is 0.214. The van der Waals surface area contributed by atoms with Crippen molar-refractivity contribution in [2.45, 2.75) is 16.8 Å². The van der Waals surface area contributed by atoms with Crippen molar-refractivity contribution in [3.8, 4) is 0 Å². The smallest absolute Gasteiger partial charge is 0.335 e. The molecular formula is C14H15N3O2S. The van der Waals surface area contributed by atoms with E-state index in [9.17, 15) is 4.79 Å². The second-order valence-electron chi connectivity index (χ2n) is 4.47. The fourth-order valence-electron chi connectivity index (χ4n) is 1.62. The van der Waals surface area contributed by atoms with Gasteiger partial charge in [0.2, 0.25) is 5.95 Å². The topological polar surface area (TPSA) is 66.3 Å². The molecule has 0 unspecified atom stereocenters. The van der Waals surface area contributed by atoms with E-state index in [1.54, 1.807) is 31.3 Å². The molecule has 0 aliphatic carbocycles. The highest BCUT2D eigenvalue weighted by molar-refractivity contribution is 7.99. The lowest BCUT2D eigenvalue weighted by Gasteiger charge is -2.10. The van der Waals surface area contributed by atoms with Crippen LogP contribution in [-0.2, 0) is 0 Å². The van der Waals surface area contributed by atoms with E-state index >= 15 is 0 Å². The van der Waals surface area contributed by atoms with Crippen LogP contribution in [0, 0.1) is 6.92 Å². The second kappa shape index (κ2) is 5.92. The average molecular weight is 289 g/mol. The average Bonchev–Trinajstić information content (AvgIpc) is 2.41. The van der Waals surface area contributed by atoms with Crippen molar-refractivity contribution in [1.29, 1.82) is 0 Å². The van der Waals surface area contributed by atoms with Crippen molar-refractivity contribution in [1.82, 2.24) is 9.97 Å². The number of hydrogen-bond donors (Lipinski definition) is 1. The maximum absolute atomic E-state index is 11.1. The molecule has 0 aliphatic heterocycles. The van der Waals surface area contributed by atoms with Crippen LogP contribution in [0.1, 0.15) is 15.9 Å². The summed E-state index contributed by atoms with van der Waals surface area (Å²) in [6.07, 6.45) is 1.69. The molecule has 2 rings (SSSR count). The Morgan fingerprint density at radius 3 is 2.70 bits per heavy atom. The van der Waals surface area contributed by atoms with Crippen molar-refractivity contribution < 1.29 is 9.90 Å². The number of benzene rings is 1. The molecule has 0 fully saturated rings. The largest absolute Gasteiger partial charge is 0.478 e. The quantitative estimate of drug-likeness (QED) is 0.873. The number of hydrogen-bond acceptors (Lipinski definition) is 5. The molecule has 1 aromatic carbocycles. The Labute approximate surface area is 121 Å². The van der Waals surface area contributed by atoms with E-state index in [2.05, 4.69) is 9.97 Å². The Bertz CT molecular complexity index is 644. The van der Waals surface area contributed by atoms with Gasteiger partial charge in [-0.1, -0.05) is 17.8 Å². The van der Waals surface area contributed by atoms with Gasteiger partial charge >= 0.3 is 5.97 Å². The summed E-state index contributed by atoms with van der Waals surface area (Å²) in [5.41, 5.74) is 1.07. The maximum Gasteiger partial charge on any atom is 0.335 e. The Hall–Kier alpha value is -2.08. The Morgan fingerprint density at radius 1 is 1.30 bits per heavy atom. The monoisotopic (exact) mass is 289 g/mol. The first-order valence-corrected chi connectivity index (χ1v) is 6.81. The van der Waals surface area contributed by atoms with Crippen LogP contribution in [-0.4, -0.2) is 35.1 Å². The van der Waals surface area contributed by atoms with Gasteiger partial charge in [-0.05, 0) is 30.7 Å². The first-order chi connectivity index (χ1) is 9.47. The minimum absolute atomic E-state index is 0.317. The lowest BCUT2D eigenvalue weighted by atomic mass is 10.1. The van der Waals surface area contributed by atoms with Gasteiger partial charge in [0.15, 0.2) is 0 Å². The molecule has 0 amide bonds. The first kappa shape index (κ1) is 14.3. The molecule has 0 saturated heterocycles. The van der Waals surface area contributed by atoms with Gasteiger partial charge in [0.1, 0.15) is 5.03 Å². The van der Waals surface area contributed by atoms with Gasteiger partial charge in [-0.3, -0.25) is 0 Å². The number of anilines is 1. The van der Waals surface area contributed by atoms with E-state index in [4.69, 9.17) is 5.11 Å². The SMILES string of the molecule is Cc1ccc(Sc2ccnc(N(C)C)n2)cc1C(=O)O. The molecule has 0 bridgehead atoms. The molecule has 1 heterocycles. The summed E-state index contributed by atoms with van der Waals surface area (Å²) in [4.78, 5) is 22.3. The van der Waals surface area contributed by atoms with Crippen LogP contribution in [0.5, 0.6) is 0 Å². The van der Waals surface area contributed by atoms with Crippen LogP contribution in [0.25, 0.3) is 0 Å². The van der Waals surface area contributed by atoms with Crippen LogP contribution < -0.4 is 4.90 Å². The zero-order chi connectivity index (χ0) is 14.7. The summed E-state index contributed by atoms with van der Waals surface area (Å²) in [6.45, 7) is 1.78. The lowest BCUT2D eigenvalue weighted by molar-refractivity contribution is 0.0696. The van der Waals surface area contributed by atoms with Gasteiger partial charge in [0.25, 0.3) is 0 Å². The molecular weight excluding hydrogens is 274 g/mol. The summed E-state index contributed by atoms with van der Waals surface area (Å²) in [5, 5.41) is 9.91. The molecule has 0 atom stereocenters. The summed E-state index contributed by atoms with van der Waals surface area (Å²) < 4.78 is 0. The van der Waals surface area contributed by atoms with E-state index in [1.165, 1.54) is 11.8 Å². The summed E-state index contributed by atoms with van der Waals surface area (Å²) in [5.74, 6) is -0.290. The normalized spacial score (nSPS) is 10.3. The van der Waals surface area contributed by atoms with Crippen LogP contribution in [0.3, 0.4) is 0 Å². The van der Waals surface area contributed by atoms with Gasteiger partial charge in [0.05, 0.1) is 5.56 Å². The van der Waals surface area contributed by atoms with Gasteiger partial charge in [-0.25, -0.2) is 14.8 Å². The first-order valence-electron chi connectivity index (χ1n) is 5.99. The van der Waals surface area contributed by atoms with Crippen LogP contribution >= 0.6 is 11.8 Å².